The Morgan fingerprint density at radius 2 is 0.887 bits per heavy atom. The standard InChI is InChI=1S/C40H76N4O7.Gd.Na/c1-3-5-7-9-11-13-15-17-19-22-26-43(27-23-20-18-16-14-12-10-8-6-4-2)37(45)25-21-24-28-44(35-40(50)51)36-31-41(33-38(46)47)29-30-42(32-36)34-39(48)49;;/h36H,3-35H2,1-2H3,(H,46,47)(H,48,49)(H,50,51);;/q;+3;+1. The van der Waals surface area contributed by atoms with Gasteiger partial charge in [0.15, 0.2) is 0 Å². The zero-order valence-corrected chi connectivity index (χ0v) is 38.3. The second-order valence-corrected chi connectivity index (χ2v) is 15.0. The fourth-order valence-corrected chi connectivity index (χ4v) is 7.28. The molecule has 0 saturated carbocycles. The van der Waals surface area contributed by atoms with Gasteiger partial charge in [-0.2, -0.15) is 0 Å². The van der Waals surface area contributed by atoms with Crippen LogP contribution in [0.3, 0.4) is 0 Å². The molecule has 0 aromatic heterocycles. The number of amides is 1. The van der Waals surface area contributed by atoms with Crippen molar-refractivity contribution in [3.05, 3.63) is 0 Å². The van der Waals surface area contributed by atoms with Crippen LogP contribution in [0, 0.1) is 39.9 Å². The van der Waals surface area contributed by atoms with E-state index in [1.165, 1.54) is 103 Å². The maximum absolute atomic E-state index is 13.5. The summed E-state index contributed by atoms with van der Waals surface area (Å²) in [6.45, 7) is 7.48. The van der Waals surface area contributed by atoms with E-state index in [-0.39, 0.29) is 101 Å². The van der Waals surface area contributed by atoms with Crippen LogP contribution in [0.15, 0.2) is 0 Å². The number of carbonyl (C=O) groups excluding carboxylic acids is 1. The van der Waals surface area contributed by atoms with Gasteiger partial charge in [0.25, 0.3) is 0 Å². The number of carboxylic acids is 3. The predicted molar refractivity (Wildman–Crippen MR) is 205 cm³/mol. The van der Waals surface area contributed by atoms with Gasteiger partial charge in [0.2, 0.25) is 5.91 Å². The van der Waals surface area contributed by atoms with Gasteiger partial charge >= 0.3 is 87.4 Å². The first-order valence-corrected chi connectivity index (χ1v) is 20.8. The van der Waals surface area contributed by atoms with E-state index in [2.05, 4.69) is 18.7 Å². The summed E-state index contributed by atoms with van der Waals surface area (Å²) in [6, 6.07) is -0.331. The van der Waals surface area contributed by atoms with Gasteiger partial charge in [0.05, 0.1) is 19.6 Å². The molecule has 1 aliphatic heterocycles. The fourth-order valence-electron chi connectivity index (χ4n) is 7.28. The average molecular weight is 905 g/mol. The first-order valence-electron chi connectivity index (χ1n) is 20.8. The smallest absolute Gasteiger partial charge is 0.480 e. The molecule has 1 amide bonds. The summed E-state index contributed by atoms with van der Waals surface area (Å²) in [5, 5.41) is 28.5. The van der Waals surface area contributed by atoms with Crippen LogP contribution < -0.4 is 29.6 Å². The summed E-state index contributed by atoms with van der Waals surface area (Å²) in [4.78, 5) is 55.7. The van der Waals surface area contributed by atoms with Gasteiger partial charge in [-0.05, 0) is 32.2 Å². The Labute approximate surface area is 377 Å². The number of hydrogen-bond acceptors (Lipinski definition) is 7. The molecule has 11 nitrogen and oxygen atoms in total. The Morgan fingerprint density at radius 3 is 1.25 bits per heavy atom. The van der Waals surface area contributed by atoms with Gasteiger partial charge in [-0.25, -0.2) is 0 Å². The normalized spacial score (nSPS) is 14.0. The molecule has 0 aromatic rings. The summed E-state index contributed by atoms with van der Waals surface area (Å²) in [6.07, 6.45) is 27.0. The average Bonchev–Trinajstić information content (AvgIpc) is 3.27. The molecule has 0 aliphatic carbocycles. The van der Waals surface area contributed by atoms with E-state index in [9.17, 15) is 34.5 Å². The Balaban J connectivity index is 0. The van der Waals surface area contributed by atoms with Crippen molar-refractivity contribution in [3.8, 4) is 0 Å². The molecule has 1 heterocycles. The first-order chi connectivity index (χ1) is 24.7. The molecule has 0 aromatic carbocycles. The zero-order chi connectivity index (χ0) is 37.5. The van der Waals surface area contributed by atoms with Crippen LogP contribution in [0.2, 0.25) is 0 Å². The number of hydrogen-bond donors (Lipinski definition) is 3. The molecule has 0 spiro atoms. The number of carboxylic acid groups (broad SMARTS) is 3. The van der Waals surface area contributed by atoms with Gasteiger partial charge in [-0.15, -0.1) is 0 Å². The van der Waals surface area contributed by atoms with Crippen LogP contribution in [0.5, 0.6) is 0 Å². The molecule has 0 bridgehead atoms. The van der Waals surface area contributed by atoms with Crippen molar-refractivity contribution in [3.63, 3.8) is 0 Å². The van der Waals surface area contributed by atoms with E-state index in [1.54, 1.807) is 9.80 Å². The molecular formula is C40H76GdN4NaO7+4. The van der Waals surface area contributed by atoms with Crippen molar-refractivity contribution in [1.29, 1.82) is 0 Å². The summed E-state index contributed by atoms with van der Waals surface area (Å²) in [5.74, 6) is -2.74. The van der Waals surface area contributed by atoms with Gasteiger partial charge in [-0.1, -0.05) is 129 Å². The Bertz CT molecular complexity index is 886. The van der Waals surface area contributed by atoms with E-state index < -0.39 is 17.9 Å². The fraction of sp³-hybridized carbons (Fsp3) is 0.900. The minimum Gasteiger partial charge on any atom is -0.480 e. The molecule has 1 rings (SSSR count). The largest absolute Gasteiger partial charge is 3.00 e. The SMILES string of the molecule is CCCCCCCCCCCCN(CCCCCCCCCCCC)C(=O)CCCCN(CC(=O)O)C1CN(CC(=O)O)CCN(CC(=O)O)C1.[Gd+3].[Na+]. The van der Waals surface area contributed by atoms with Gasteiger partial charge in [0, 0.05) is 51.7 Å². The van der Waals surface area contributed by atoms with Crippen LogP contribution in [-0.4, -0.2) is 130 Å². The molecule has 13 heteroatoms. The molecule has 53 heavy (non-hydrogen) atoms. The second kappa shape index (κ2) is 37.6. The van der Waals surface area contributed by atoms with Crippen molar-refractivity contribution >= 4 is 23.8 Å². The number of rotatable bonds is 34. The molecule has 3 N–H and O–H groups in total. The molecular weight excluding hydrogens is 829 g/mol. The van der Waals surface area contributed by atoms with E-state index in [1.807, 2.05) is 4.90 Å². The van der Waals surface area contributed by atoms with E-state index >= 15 is 0 Å². The molecule has 0 atom stereocenters. The minimum atomic E-state index is -0.982. The predicted octanol–water partition coefficient (Wildman–Crippen LogP) is 4.37. The van der Waals surface area contributed by atoms with Crippen molar-refractivity contribution in [2.45, 2.75) is 168 Å². The minimum absolute atomic E-state index is 0. The molecule has 0 unspecified atom stereocenters. The Hall–Kier alpha value is 0.0847. The van der Waals surface area contributed by atoms with Gasteiger partial charge < -0.3 is 20.2 Å². The topological polar surface area (TPSA) is 142 Å². The maximum Gasteiger partial charge on any atom is 3.00 e. The summed E-state index contributed by atoms with van der Waals surface area (Å²) < 4.78 is 0. The monoisotopic (exact) mass is 905 g/mol. The van der Waals surface area contributed by atoms with E-state index in [0.717, 1.165) is 38.8 Å². The quantitative estimate of drug-likeness (QED) is 0.0630. The summed E-state index contributed by atoms with van der Waals surface area (Å²) in [7, 11) is 0. The number of aliphatic carboxylic acids is 3. The first kappa shape index (κ1) is 55.2. The number of unbranched alkanes of at least 4 members (excludes halogenated alkanes) is 19. The van der Waals surface area contributed by atoms with Crippen LogP contribution in [0.4, 0.5) is 0 Å². The third-order valence-corrected chi connectivity index (χ3v) is 10.2. The summed E-state index contributed by atoms with van der Waals surface area (Å²) in [5.41, 5.74) is 0. The molecule has 1 radical (unpaired) electrons. The van der Waals surface area contributed by atoms with Crippen molar-refractivity contribution in [2.24, 2.45) is 0 Å². The van der Waals surface area contributed by atoms with Gasteiger partial charge in [-0.3, -0.25) is 33.9 Å². The zero-order valence-electron chi connectivity index (χ0n) is 34.0. The van der Waals surface area contributed by atoms with Crippen LogP contribution in [0.25, 0.3) is 0 Å². The molecule has 1 aliphatic rings. The molecule has 303 valence electrons. The number of carbonyl (C=O) groups is 4. The third-order valence-electron chi connectivity index (χ3n) is 10.2. The van der Waals surface area contributed by atoms with Gasteiger partial charge in [0.1, 0.15) is 0 Å². The van der Waals surface area contributed by atoms with Crippen molar-refractivity contribution in [2.75, 3.05) is 65.4 Å². The van der Waals surface area contributed by atoms with Crippen LogP contribution in [0.1, 0.15) is 162 Å². The Kier molecular flexibility index (Phi) is 39.2. The molecule has 1 saturated heterocycles. The summed E-state index contributed by atoms with van der Waals surface area (Å²) >= 11 is 0. The second-order valence-electron chi connectivity index (χ2n) is 15.0. The Morgan fingerprint density at radius 1 is 0.528 bits per heavy atom. The number of nitrogens with zero attached hydrogens (tertiary/aromatic N) is 4. The van der Waals surface area contributed by atoms with Crippen molar-refractivity contribution in [1.82, 2.24) is 19.6 Å². The molecule has 1 fully saturated rings. The third kappa shape index (κ3) is 31.8. The maximum atomic E-state index is 13.5. The van der Waals surface area contributed by atoms with E-state index in [0.29, 0.717) is 52.0 Å². The van der Waals surface area contributed by atoms with Crippen molar-refractivity contribution < 1.29 is 104 Å². The van der Waals surface area contributed by atoms with E-state index in [4.69, 9.17) is 0 Å². The van der Waals surface area contributed by atoms with Crippen LogP contribution in [-0.2, 0) is 19.2 Å². The van der Waals surface area contributed by atoms with Crippen LogP contribution >= 0.6 is 0 Å².